The van der Waals surface area contributed by atoms with E-state index < -0.39 is 31.6 Å². The van der Waals surface area contributed by atoms with E-state index in [0.717, 1.165) is 0 Å². The summed E-state index contributed by atoms with van der Waals surface area (Å²) in [4.78, 5) is 5.95. The highest BCUT2D eigenvalue weighted by Gasteiger charge is 2.42. The van der Waals surface area contributed by atoms with Crippen molar-refractivity contribution in [2.75, 3.05) is 0 Å². The number of nitrogens with zero attached hydrogens (tertiary/aromatic N) is 1. The van der Waals surface area contributed by atoms with Crippen molar-refractivity contribution in [2.24, 2.45) is 0 Å². The number of benzene rings is 1. The van der Waals surface area contributed by atoms with Gasteiger partial charge in [0.05, 0.1) is 9.92 Å². The van der Waals surface area contributed by atoms with Gasteiger partial charge in [-0.1, -0.05) is 29.8 Å². The van der Waals surface area contributed by atoms with Crippen molar-refractivity contribution >= 4 is 32.5 Å². The zero-order valence-electron chi connectivity index (χ0n) is 11.2. The molecule has 3 rings (SSSR count). The normalized spacial score (nSPS) is 12.7. The second-order valence-corrected chi connectivity index (χ2v) is 6.90. The molecule has 0 unspecified atom stereocenters. The Balaban J connectivity index is 2.41. The molecule has 0 spiro atoms. The summed E-state index contributed by atoms with van der Waals surface area (Å²) in [6, 6.07) is 8.08. The fourth-order valence-corrected chi connectivity index (χ4v) is 4.01. The lowest BCUT2D eigenvalue weighted by Crippen LogP contribution is -2.16. The lowest BCUT2D eigenvalue weighted by atomic mass is 10.2. The monoisotopic (exact) mass is 360 g/mol. The van der Waals surface area contributed by atoms with Gasteiger partial charge in [-0.05, 0) is 18.2 Å². The predicted octanol–water partition coefficient (Wildman–Crippen LogP) is 4.07. The predicted molar refractivity (Wildman–Crippen MR) is 78.0 cm³/mol. The van der Waals surface area contributed by atoms with Crippen molar-refractivity contribution < 1.29 is 21.6 Å². The summed E-state index contributed by atoms with van der Waals surface area (Å²) >= 11 is 5.82. The van der Waals surface area contributed by atoms with Crippen LogP contribution in [0, 0.1) is 0 Å². The first-order valence-corrected chi connectivity index (χ1v) is 8.13. The molecule has 0 saturated carbocycles. The molecule has 0 bridgehead atoms. The number of fused-ring (bicyclic) bond motifs is 1. The first-order chi connectivity index (χ1) is 10.7. The fraction of sp³-hybridized carbons (Fsp3) is 0.0714. The number of rotatable bonds is 2. The van der Waals surface area contributed by atoms with Crippen molar-refractivity contribution in [2.45, 2.75) is 16.1 Å². The van der Waals surface area contributed by atoms with Crippen LogP contribution >= 0.6 is 11.6 Å². The van der Waals surface area contributed by atoms with E-state index >= 15 is 0 Å². The van der Waals surface area contributed by atoms with Crippen LogP contribution in [0.25, 0.3) is 11.0 Å². The van der Waals surface area contributed by atoms with Gasteiger partial charge in [0.1, 0.15) is 11.2 Å². The molecule has 1 N–H and O–H groups in total. The lowest BCUT2D eigenvalue weighted by Gasteiger charge is -2.14. The molecule has 3 aromatic rings. The van der Waals surface area contributed by atoms with Crippen LogP contribution in [0.2, 0.25) is 5.02 Å². The van der Waals surface area contributed by atoms with E-state index in [1.165, 1.54) is 36.5 Å². The number of hydrogen-bond donors (Lipinski definition) is 1. The maximum Gasteiger partial charge on any atom is 0.420 e. The van der Waals surface area contributed by atoms with Gasteiger partial charge in [-0.15, -0.1) is 0 Å². The number of aromatic nitrogens is 2. The highest BCUT2D eigenvalue weighted by Crippen LogP contribution is 2.42. The number of nitrogens with one attached hydrogen (secondary N) is 1. The van der Waals surface area contributed by atoms with E-state index in [1.54, 1.807) is 6.07 Å². The quantitative estimate of drug-likeness (QED) is 0.749. The van der Waals surface area contributed by atoms with E-state index in [1.807, 2.05) is 0 Å². The van der Waals surface area contributed by atoms with Crippen molar-refractivity contribution in [3.05, 3.63) is 53.2 Å². The van der Waals surface area contributed by atoms with Gasteiger partial charge in [-0.3, -0.25) is 0 Å². The molecule has 0 aliphatic heterocycles. The van der Waals surface area contributed by atoms with Gasteiger partial charge in [-0.25, -0.2) is 13.4 Å². The minimum atomic E-state index is -4.97. The van der Waals surface area contributed by atoms with E-state index in [9.17, 15) is 21.6 Å². The molecule has 0 fully saturated rings. The van der Waals surface area contributed by atoms with Crippen molar-refractivity contribution in [1.29, 1.82) is 0 Å². The Morgan fingerprint density at radius 1 is 1.09 bits per heavy atom. The molecule has 4 nitrogen and oxygen atoms in total. The largest absolute Gasteiger partial charge is 0.420 e. The highest BCUT2D eigenvalue weighted by atomic mass is 35.5. The van der Waals surface area contributed by atoms with Crippen LogP contribution in [0.5, 0.6) is 0 Å². The molecule has 0 amide bonds. The van der Waals surface area contributed by atoms with Crippen LogP contribution in [-0.4, -0.2) is 18.4 Å². The van der Waals surface area contributed by atoms with Gasteiger partial charge in [0.25, 0.3) is 0 Å². The summed E-state index contributed by atoms with van der Waals surface area (Å²) in [6.07, 6.45) is -3.63. The maximum absolute atomic E-state index is 13.4. The summed E-state index contributed by atoms with van der Waals surface area (Å²) in [7, 11) is -4.48. The number of sulfone groups is 1. The van der Waals surface area contributed by atoms with Crippen molar-refractivity contribution in [3.8, 4) is 0 Å². The Bertz CT molecular complexity index is 982. The number of aromatic amines is 1. The molecular weight excluding hydrogens is 353 g/mol. The standard InChI is InChI=1S/C14H8ClF3N2O2S/c15-11-9-6-7-19-12(9)20-13(10(11)14(16,17)18)23(21,22)8-4-2-1-3-5-8/h1-7H,(H,19,20). The van der Waals surface area contributed by atoms with Crippen LogP contribution in [0.15, 0.2) is 52.5 Å². The number of halogens is 4. The molecular formula is C14H8ClF3N2O2S. The second-order valence-electron chi connectivity index (χ2n) is 4.66. The molecule has 2 heterocycles. The van der Waals surface area contributed by atoms with Gasteiger partial charge in [0.15, 0.2) is 5.03 Å². The van der Waals surface area contributed by atoms with Crippen molar-refractivity contribution in [1.82, 2.24) is 9.97 Å². The van der Waals surface area contributed by atoms with Gasteiger partial charge >= 0.3 is 6.18 Å². The topological polar surface area (TPSA) is 62.8 Å². The highest BCUT2D eigenvalue weighted by molar-refractivity contribution is 7.91. The maximum atomic E-state index is 13.4. The number of hydrogen-bond acceptors (Lipinski definition) is 3. The van der Waals surface area contributed by atoms with Crippen molar-refractivity contribution in [3.63, 3.8) is 0 Å². The smallest absolute Gasteiger partial charge is 0.346 e. The molecule has 23 heavy (non-hydrogen) atoms. The number of alkyl halides is 3. The zero-order valence-corrected chi connectivity index (χ0v) is 12.8. The first-order valence-electron chi connectivity index (χ1n) is 6.27. The van der Waals surface area contributed by atoms with E-state index in [4.69, 9.17) is 11.6 Å². The Labute approximate surface area is 133 Å². The van der Waals surface area contributed by atoms with Gasteiger partial charge in [0, 0.05) is 11.6 Å². The van der Waals surface area contributed by atoms with Crippen LogP contribution in [0.1, 0.15) is 5.56 Å². The molecule has 0 saturated heterocycles. The van der Waals surface area contributed by atoms with Crippen LogP contribution in [-0.2, 0) is 16.0 Å². The third-order valence-electron chi connectivity index (χ3n) is 3.20. The Hall–Kier alpha value is -2.06. The lowest BCUT2D eigenvalue weighted by molar-refractivity contribution is -0.140. The van der Waals surface area contributed by atoms with Gasteiger partial charge in [0.2, 0.25) is 9.84 Å². The fourth-order valence-electron chi connectivity index (χ4n) is 2.17. The minimum absolute atomic E-state index is 0.00556. The Kier molecular flexibility index (Phi) is 3.61. The number of H-pyrrole nitrogens is 1. The molecule has 0 aliphatic carbocycles. The third kappa shape index (κ3) is 2.57. The van der Waals surface area contributed by atoms with Crippen LogP contribution < -0.4 is 0 Å². The molecule has 9 heteroatoms. The second kappa shape index (κ2) is 5.24. The SMILES string of the molecule is O=S(=O)(c1ccccc1)c1nc2[nH]ccc2c(Cl)c1C(F)(F)F. The van der Waals surface area contributed by atoms with Gasteiger partial charge < -0.3 is 4.98 Å². The van der Waals surface area contributed by atoms with E-state index in [0.29, 0.717) is 0 Å². The summed E-state index contributed by atoms with van der Waals surface area (Å²) in [5, 5.41) is -1.81. The third-order valence-corrected chi connectivity index (χ3v) is 5.29. The minimum Gasteiger partial charge on any atom is -0.346 e. The summed E-state index contributed by atoms with van der Waals surface area (Å²) in [5.41, 5.74) is -1.49. The molecule has 2 aromatic heterocycles. The summed E-state index contributed by atoms with van der Waals surface area (Å²) in [6.45, 7) is 0. The number of pyridine rings is 1. The molecule has 120 valence electrons. The Morgan fingerprint density at radius 2 is 1.74 bits per heavy atom. The molecule has 1 aromatic carbocycles. The first kappa shape index (κ1) is 15.8. The molecule has 0 aliphatic rings. The van der Waals surface area contributed by atoms with Crippen LogP contribution in [0.3, 0.4) is 0 Å². The van der Waals surface area contributed by atoms with E-state index in [2.05, 4.69) is 9.97 Å². The van der Waals surface area contributed by atoms with Crippen LogP contribution in [0.4, 0.5) is 13.2 Å². The average Bonchev–Trinajstić information content (AvgIpc) is 2.95. The summed E-state index contributed by atoms with van der Waals surface area (Å²) in [5.74, 6) is 0. The summed E-state index contributed by atoms with van der Waals surface area (Å²) < 4.78 is 65.3. The average molecular weight is 361 g/mol. The van der Waals surface area contributed by atoms with E-state index in [-0.39, 0.29) is 15.9 Å². The Morgan fingerprint density at radius 3 is 2.35 bits per heavy atom. The van der Waals surface area contributed by atoms with Gasteiger partial charge in [-0.2, -0.15) is 13.2 Å². The zero-order chi connectivity index (χ0) is 16.8. The molecule has 0 atom stereocenters. The molecule has 0 radical (unpaired) electrons.